The van der Waals surface area contributed by atoms with Crippen LogP contribution in [0.5, 0.6) is 0 Å². The maximum Gasteiger partial charge on any atom is 0.242 e. The molecule has 3 N–H and O–H groups in total. The monoisotopic (exact) mass is 610 g/mol. The van der Waals surface area contributed by atoms with Gasteiger partial charge < -0.3 is 25.6 Å². The number of anilines is 1. The number of fused-ring (bicyclic) bond motifs is 2. The quantitative estimate of drug-likeness (QED) is 0.376. The van der Waals surface area contributed by atoms with Crippen LogP contribution in [0, 0.1) is 0 Å². The van der Waals surface area contributed by atoms with Gasteiger partial charge in [0.15, 0.2) is 6.23 Å². The van der Waals surface area contributed by atoms with Gasteiger partial charge in [0, 0.05) is 30.8 Å². The Kier molecular flexibility index (Phi) is 8.75. The fourth-order valence-electron chi connectivity index (χ4n) is 6.13. The molecule has 3 amide bonds. The molecule has 1 fully saturated rings. The van der Waals surface area contributed by atoms with E-state index in [0.717, 1.165) is 22.4 Å². The van der Waals surface area contributed by atoms with E-state index in [0.29, 0.717) is 46.5 Å². The zero-order valence-corrected chi connectivity index (χ0v) is 25.1. The summed E-state index contributed by atoms with van der Waals surface area (Å²) in [6, 6.07) is 21.1. The summed E-state index contributed by atoms with van der Waals surface area (Å²) in [7, 11) is 1.79. The van der Waals surface area contributed by atoms with Gasteiger partial charge in [-0.1, -0.05) is 65.7 Å². The first-order valence-corrected chi connectivity index (χ1v) is 14.5. The van der Waals surface area contributed by atoms with Gasteiger partial charge in [0.2, 0.25) is 17.7 Å². The Balaban J connectivity index is 1.50. The second kappa shape index (κ2) is 12.3. The van der Waals surface area contributed by atoms with E-state index in [9.17, 15) is 14.4 Å². The van der Waals surface area contributed by atoms with Gasteiger partial charge in [0.25, 0.3) is 0 Å². The minimum atomic E-state index is -0.572. The Morgan fingerprint density at radius 1 is 1.00 bits per heavy atom. The zero-order chi connectivity index (χ0) is 30.0. The highest BCUT2D eigenvalue weighted by molar-refractivity contribution is 6.42. The molecular formula is C31H34Cl2N5O4+. The van der Waals surface area contributed by atoms with Crippen LogP contribution in [0.2, 0.25) is 10.0 Å². The number of ether oxygens (including phenoxy) is 1. The van der Waals surface area contributed by atoms with Crippen molar-refractivity contribution < 1.29 is 19.1 Å². The second-order valence-corrected chi connectivity index (χ2v) is 11.7. The minimum Gasteiger partial charge on any atom is -0.368 e. The normalized spacial score (nSPS) is 21.0. The van der Waals surface area contributed by atoms with Crippen LogP contribution >= 0.6 is 23.2 Å². The van der Waals surface area contributed by atoms with Gasteiger partial charge in [-0.3, -0.25) is 18.9 Å². The molecule has 3 atom stereocenters. The van der Waals surface area contributed by atoms with Crippen molar-refractivity contribution in [1.29, 1.82) is 0 Å². The molecule has 0 aromatic heterocycles. The molecule has 9 nitrogen and oxygen atoms in total. The van der Waals surface area contributed by atoms with Crippen LogP contribution in [-0.2, 0) is 19.1 Å². The number of rotatable bonds is 8. The van der Waals surface area contributed by atoms with Crippen LogP contribution in [0.4, 0.5) is 11.4 Å². The largest absolute Gasteiger partial charge is 0.368 e. The Morgan fingerprint density at radius 2 is 1.76 bits per heavy atom. The average Bonchev–Trinajstić information content (AvgIpc) is 3.27. The highest BCUT2D eigenvalue weighted by Gasteiger charge is 2.51. The van der Waals surface area contributed by atoms with E-state index < -0.39 is 12.1 Å². The number of amides is 3. The number of halogens is 2. The first kappa shape index (κ1) is 29.8. The second-order valence-electron chi connectivity index (χ2n) is 10.8. The third-order valence-electron chi connectivity index (χ3n) is 8.03. The topological polar surface area (TPSA) is 105 Å². The van der Waals surface area contributed by atoms with Gasteiger partial charge in [-0.15, -0.1) is 0 Å². The van der Waals surface area contributed by atoms with Crippen molar-refractivity contribution in [3.63, 3.8) is 0 Å². The Bertz CT molecular complexity index is 1500. The number of carbonyl (C=O) groups is 3. The molecule has 11 heteroatoms. The van der Waals surface area contributed by atoms with Crippen LogP contribution in [0.15, 0.2) is 66.7 Å². The molecule has 3 aromatic rings. The van der Waals surface area contributed by atoms with E-state index >= 15 is 0 Å². The number of nitrogens with two attached hydrogens (primary N) is 1. The Hall–Kier alpha value is -3.63. The smallest absolute Gasteiger partial charge is 0.242 e. The summed E-state index contributed by atoms with van der Waals surface area (Å²) in [6.45, 7) is 3.54. The number of morpholine rings is 1. The van der Waals surface area contributed by atoms with Crippen LogP contribution in [-0.4, -0.2) is 75.2 Å². The number of carbonyl (C=O) groups excluding carboxylic acids is 3. The van der Waals surface area contributed by atoms with Crippen LogP contribution in [0.1, 0.15) is 18.5 Å². The van der Waals surface area contributed by atoms with Crippen molar-refractivity contribution in [2.75, 3.05) is 51.3 Å². The first-order chi connectivity index (χ1) is 20.1. The van der Waals surface area contributed by atoms with Crippen molar-refractivity contribution >= 4 is 52.3 Å². The fourth-order valence-corrected chi connectivity index (χ4v) is 6.43. The Morgan fingerprint density at radius 3 is 2.45 bits per heavy atom. The van der Waals surface area contributed by atoms with E-state index in [4.69, 9.17) is 33.7 Å². The van der Waals surface area contributed by atoms with Crippen LogP contribution < -0.4 is 20.4 Å². The highest BCUT2D eigenvalue weighted by atomic mass is 35.5. The molecule has 2 heterocycles. The van der Waals surface area contributed by atoms with Gasteiger partial charge >= 0.3 is 0 Å². The van der Waals surface area contributed by atoms with Crippen LogP contribution in [0.25, 0.3) is 11.1 Å². The standard InChI is InChI=1S/C31H33Cl2N5O4/c1-20(39)35-29-19-38(13-14-42-29)18-27(24-10-6-9-23(31(24)38)21-7-4-3-5-8-21)36(2)30(41)17-37(16-28(34)40)22-11-12-25(32)26(33)15-22/h3-12,15,27,29H,13-14,16-19H2,1-2H3,(H2-,34,35,39,40)/p+1. The summed E-state index contributed by atoms with van der Waals surface area (Å²) in [4.78, 5) is 41.1. The van der Waals surface area contributed by atoms with Crippen molar-refractivity contribution in [2.24, 2.45) is 5.73 Å². The summed E-state index contributed by atoms with van der Waals surface area (Å²) < 4.78 is 6.50. The molecule has 0 saturated carbocycles. The first-order valence-electron chi connectivity index (χ1n) is 13.8. The van der Waals surface area contributed by atoms with Crippen molar-refractivity contribution in [3.05, 3.63) is 82.3 Å². The van der Waals surface area contributed by atoms with E-state index in [2.05, 4.69) is 29.6 Å². The molecule has 0 bridgehead atoms. The number of likely N-dealkylation sites (N-methyl/N-ethyl adjacent to an activating group) is 1. The molecule has 2 aliphatic heterocycles. The van der Waals surface area contributed by atoms with Crippen LogP contribution in [0.3, 0.4) is 0 Å². The molecule has 0 aliphatic carbocycles. The number of hydrogen-bond donors (Lipinski definition) is 2. The summed E-state index contributed by atoms with van der Waals surface area (Å²) in [5, 5.41) is 3.62. The summed E-state index contributed by atoms with van der Waals surface area (Å²) in [5.41, 5.74) is 10.5. The molecule has 42 heavy (non-hydrogen) atoms. The molecule has 1 saturated heterocycles. The molecule has 2 aliphatic rings. The maximum absolute atomic E-state index is 13.9. The number of benzene rings is 3. The molecule has 5 rings (SSSR count). The SMILES string of the molecule is CC(=O)NC1C[N+]2(CCO1)CC(N(C)C(=O)CN(CC(N)=O)c1ccc(Cl)c(Cl)c1)c1cccc(-c3ccccc3)c12. The fraction of sp³-hybridized carbons (Fsp3) is 0.323. The predicted octanol–water partition coefficient (Wildman–Crippen LogP) is 3.97. The number of para-hydroxylation sites is 1. The van der Waals surface area contributed by atoms with Gasteiger partial charge in [-0.25, -0.2) is 0 Å². The third kappa shape index (κ3) is 6.10. The van der Waals surface area contributed by atoms with E-state index in [-0.39, 0.29) is 30.9 Å². The van der Waals surface area contributed by atoms with Gasteiger partial charge in [0.05, 0.1) is 29.7 Å². The molecule has 3 aromatic carbocycles. The number of quaternary nitrogens is 1. The lowest BCUT2D eigenvalue weighted by Gasteiger charge is -2.42. The van der Waals surface area contributed by atoms with Gasteiger partial charge in [0.1, 0.15) is 31.4 Å². The number of nitrogens with one attached hydrogen (secondary N) is 1. The highest BCUT2D eigenvalue weighted by Crippen LogP contribution is 2.49. The lowest BCUT2D eigenvalue weighted by atomic mass is 9.97. The zero-order valence-electron chi connectivity index (χ0n) is 23.6. The molecule has 0 radical (unpaired) electrons. The van der Waals surface area contributed by atoms with Gasteiger partial charge in [-0.05, 0) is 29.8 Å². The lowest BCUT2D eigenvalue weighted by Crippen LogP contribution is -2.63. The van der Waals surface area contributed by atoms with Crippen molar-refractivity contribution in [3.8, 4) is 11.1 Å². The number of hydrogen-bond acceptors (Lipinski definition) is 5. The van der Waals surface area contributed by atoms with E-state index in [1.165, 1.54) is 6.92 Å². The minimum absolute atomic E-state index is 0.0841. The van der Waals surface area contributed by atoms with E-state index in [1.54, 1.807) is 35.0 Å². The van der Waals surface area contributed by atoms with Crippen molar-refractivity contribution in [1.82, 2.24) is 14.7 Å². The van der Waals surface area contributed by atoms with Gasteiger partial charge in [-0.2, -0.15) is 0 Å². The summed E-state index contributed by atoms with van der Waals surface area (Å²) in [6.07, 6.45) is -0.451. The Labute approximate surface area is 255 Å². The number of primary amides is 1. The number of nitrogens with zero attached hydrogens (tertiary/aromatic N) is 3. The molecule has 1 spiro atoms. The average molecular weight is 612 g/mol. The molecule has 3 unspecified atom stereocenters. The summed E-state index contributed by atoms with van der Waals surface area (Å²) >= 11 is 12.3. The predicted molar refractivity (Wildman–Crippen MR) is 165 cm³/mol. The molecule has 220 valence electrons. The maximum atomic E-state index is 13.9. The lowest BCUT2D eigenvalue weighted by molar-refractivity contribution is -0.131. The third-order valence-corrected chi connectivity index (χ3v) is 8.77. The molecular weight excluding hydrogens is 577 g/mol. The van der Waals surface area contributed by atoms with E-state index in [1.807, 2.05) is 24.3 Å². The summed E-state index contributed by atoms with van der Waals surface area (Å²) in [5.74, 6) is -0.913. The van der Waals surface area contributed by atoms with Crippen molar-refractivity contribution in [2.45, 2.75) is 19.2 Å².